The first-order valence-electron chi connectivity index (χ1n) is 5.75. The molecule has 1 rings (SSSR count). The summed E-state index contributed by atoms with van der Waals surface area (Å²) in [6, 6.07) is 7.16. The molecule has 0 amide bonds. The molecular weight excluding hydrogens is 254 g/mol. The molecule has 0 aromatic heterocycles. The summed E-state index contributed by atoms with van der Waals surface area (Å²) in [5, 5.41) is 8.47. The zero-order chi connectivity index (χ0) is 13.6. The van der Waals surface area contributed by atoms with Gasteiger partial charge in [-0.05, 0) is 24.5 Å². The van der Waals surface area contributed by atoms with E-state index in [1.54, 1.807) is 12.1 Å². The molecule has 100 valence electrons. The van der Waals surface area contributed by atoms with Crippen LogP contribution in [0.15, 0.2) is 24.3 Å². The lowest BCUT2D eigenvalue weighted by atomic mass is 10.1. The predicted molar refractivity (Wildman–Crippen MR) is 70.1 cm³/mol. The smallest absolute Gasteiger partial charge is 0.303 e. The Bertz CT molecular complexity index is 511. The number of aliphatic carboxylic acids is 1. The van der Waals surface area contributed by atoms with Crippen LogP contribution in [0.4, 0.5) is 5.69 Å². The lowest BCUT2D eigenvalue weighted by Crippen LogP contribution is -2.18. The molecule has 0 heterocycles. The zero-order valence-electron chi connectivity index (χ0n) is 10.2. The maximum Gasteiger partial charge on any atom is 0.303 e. The van der Waals surface area contributed by atoms with Crippen LogP contribution in [0.5, 0.6) is 0 Å². The van der Waals surface area contributed by atoms with Crippen molar-refractivity contribution in [3.05, 3.63) is 29.8 Å². The molecule has 0 atom stereocenters. The average Bonchev–Trinajstić information content (AvgIpc) is 2.28. The largest absolute Gasteiger partial charge is 0.481 e. The summed E-state index contributed by atoms with van der Waals surface area (Å²) in [7, 11) is -3.48. The molecule has 0 aliphatic rings. The Kier molecular flexibility index (Phi) is 5.15. The molecule has 0 aliphatic carbocycles. The molecule has 0 aliphatic heterocycles. The van der Waals surface area contributed by atoms with Crippen LogP contribution < -0.4 is 4.72 Å². The average molecular weight is 271 g/mol. The molecule has 18 heavy (non-hydrogen) atoms. The Hall–Kier alpha value is -1.56. The molecule has 0 bridgehead atoms. The van der Waals surface area contributed by atoms with E-state index in [0.717, 1.165) is 12.0 Å². The molecule has 0 spiro atoms. The highest BCUT2D eigenvalue weighted by atomic mass is 32.2. The van der Waals surface area contributed by atoms with E-state index in [1.165, 1.54) is 0 Å². The summed E-state index contributed by atoms with van der Waals surface area (Å²) in [5.41, 5.74) is 1.48. The maximum absolute atomic E-state index is 11.7. The molecule has 2 N–H and O–H groups in total. The van der Waals surface area contributed by atoms with Crippen LogP contribution in [0, 0.1) is 0 Å². The van der Waals surface area contributed by atoms with Gasteiger partial charge in [0.25, 0.3) is 0 Å². The van der Waals surface area contributed by atoms with E-state index in [9.17, 15) is 13.2 Å². The van der Waals surface area contributed by atoms with Gasteiger partial charge in [-0.3, -0.25) is 9.52 Å². The second-order valence-corrected chi connectivity index (χ2v) is 5.77. The lowest BCUT2D eigenvalue weighted by Gasteiger charge is -2.11. The van der Waals surface area contributed by atoms with E-state index < -0.39 is 16.0 Å². The van der Waals surface area contributed by atoms with Crippen molar-refractivity contribution in [2.45, 2.75) is 26.2 Å². The first-order chi connectivity index (χ1) is 8.44. The SMILES string of the molecule is CCc1ccccc1NS(=O)(=O)CCCC(=O)O. The number of carboxylic acids is 1. The van der Waals surface area contributed by atoms with E-state index in [2.05, 4.69) is 4.72 Å². The van der Waals surface area contributed by atoms with Gasteiger partial charge in [-0.2, -0.15) is 0 Å². The molecular formula is C12H17NO4S. The van der Waals surface area contributed by atoms with Gasteiger partial charge in [0.1, 0.15) is 0 Å². The number of para-hydroxylation sites is 1. The van der Waals surface area contributed by atoms with Crippen LogP contribution in [0.3, 0.4) is 0 Å². The van der Waals surface area contributed by atoms with Gasteiger partial charge < -0.3 is 5.11 Å². The number of hydrogen-bond acceptors (Lipinski definition) is 3. The predicted octanol–water partition coefficient (Wildman–Crippen LogP) is 1.86. The fraction of sp³-hybridized carbons (Fsp3) is 0.417. The van der Waals surface area contributed by atoms with Gasteiger partial charge in [0.15, 0.2) is 0 Å². The first-order valence-corrected chi connectivity index (χ1v) is 7.40. The summed E-state index contributed by atoms with van der Waals surface area (Å²) in [6.45, 7) is 1.94. The molecule has 1 aromatic carbocycles. The fourth-order valence-electron chi connectivity index (χ4n) is 1.56. The van der Waals surface area contributed by atoms with E-state index in [4.69, 9.17) is 5.11 Å². The third-order valence-corrected chi connectivity index (χ3v) is 3.82. The van der Waals surface area contributed by atoms with Gasteiger partial charge in [0.05, 0.1) is 11.4 Å². The van der Waals surface area contributed by atoms with Crippen LogP contribution in [0.2, 0.25) is 0 Å². The highest BCUT2D eigenvalue weighted by Gasteiger charge is 2.12. The lowest BCUT2D eigenvalue weighted by molar-refractivity contribution is -0.137. The zero-order valence-corrected chi connectivity index (χ0v) is 11.0. The molecule has 0 saturated heterocycles. The molecule has 0 saturated carbocycles. The molecule has 1 aromatic rings. The Morgan fingerprint density at radius 3 is 2.61 bits per heavy atom. The number of carboxylic acid groups (broad SMARTS) is 1. The van der Waals surface area contributed by atoms with Crippen molar-refractivity contribution < 1.29 is 18.3 Å². The van der Waals surface area contributed by atoms with Crippen molar-refractivity contribution in [1.29, 1.82) is 0 Å². The van der Waals surface area contributed by atoms with Crippen LogP contribution in [0.1, 0.15) is 25.3 Å². The number of anilines is 1. The highest BCUT2D eigenvalue weighted by Crippen LogP contribution is 2.17. The van der Waals surface area contributed by atoms with Gasteiger partial charge >= 0.3 is 5.97 Å². The van der Waals surface area contributed by atoms with Crippen molar-refractivity contribution in [2.75, 3.05) is 10.5 Å². The van der Waals surface area contributed by atoms with Crippen molar-refractivity contribution >= 4 is 21.7 Å². The number of carbonyl (C=O) groups is 1. The first kappa shape index (κ1) is 14.5. The number of hydrogen-bond donors (Lipinski definition) is 2. The van der Waals surface area contributed by atoms with Gasteiger partial charge in [0, 0.05) is 6.42 Å². The second-order valence-electron chi connectivity index (χ2n) is 3.93. The van der Waals surface area contributed by atoms with E-state index >= 15 is 0 Å². The van der Waals surface area contributed by atoms with E-state index in [-0.39, 0.29) is 18.6 Å². The van der Waals surface area contributed by atoms with Gasteiger partial charge in [-0.1, -0.05) is 25.1 Å². The maximum atomic E-state index is 11.7. The van der Waals surface area contributed by atoms with Gasteiger partial charge in [-0.15, -0.1) is 0 Å². The summed E-state index contributed by atoms with van der Waals surface area (Å²) in [4.78, 5) is 10.3. The molecule has 0 radical (unpaired) electrons. The third-order valence-electron chi connectivity index (χ3n) is 2.47. The quantitative estimate of drug-likeness (QED) is 0.792. The van der Waals surface area contributed by atoms with Crippen molar-refractivity contribution in [3.8, 4) is 0 Å². The Morgan fingerprint density at radius 2 is 2.00 bits per heavy atom. The topological polar surface area (TPSA) is 83.5 Å². The number of nitrogens with one attached hydrogen (secondary N) is 1. The third kappa shape index (κ3) is 4.75. The van der Waals surface area contributed by atoms with Gasteiger partial charge in [-0.25, -0.2) is 8.42 Å². The summed E-state index contributed by atoms with van der Waals surface area (Å²) >= 11 is 0. The molecule has 0 unspecified atom stereocenters. The van der Waals surface area contributed by atoms with Crippen molar-refractivity contribution in [3.63, 3.8) is 0 Å². The summed E-state index contributed by atoms with van der Waals surface area (Å²) < 4.78 is 26.0. The minimum absolute atomic E-state index is 0.110. The van der Waals surface area contributed by atoms with Crippen LogP contribution in [-0.2, 0) is 21.2 Å². The molecule has 0 fully saturated rings. The standard InChI is InChI=1S/C12H17NO4S/c1-2-10-6-3-4-7-11(10)13-18(16,17)9-5-8-12(14)15/h3-4,6-7,13H,2,5,8-9H2,1H3,(H,14,15). The highest BCUT2D eigenvalue weighted by molar-refractivity contribution is 7.92. The van der Waals surface area contributed by atoms with Crippen molar-refractivity contribution in [2.24, 2.45) is 0 Å². The second kappa shape index (κ2) is 6.39. The number of benzene rings is 1. The van der Waals surface area contributed by atoms with Crippen molar-refractivity contribution in [1.82, 2.24) is 0 Å². The fourth-order valence-corrected chi connectivity index (χ4v) is 2.72. The Balaban J connectivity index is 2.67. The minimum Gasteiger partial charge on any atom is -0.481 e. The Labute approximate surface area is 107 Å². The number of rotatable bonds is 7. The molecule has 6 heteroatoms. The minimum atomic E-state index is -3.48. The summed E-state index contributed by atoms with van der Waals surface area (Å²) in [6.07, 6.45) is 0.698. The van der Waals surface area contributed by atoms with E-state index in [0.29, 0.717) is 5.69 Å². The van der Waals surface area contributed by atoms with Crippen LogP contribution in [0.25, 0.3) is 0 Å². The molecule has 5 nitrogen and oxygen atoms in total. The number of aryl methyl sites for hydroxylation is 1. The summed E-state index contributed by atoms with van der Waals surface area (Å²) in [5.74, 6) is -1.17. The van der Waals surface area contributed by atoms with E-state index in [1.807, 2.05) is 19.1 Å². The normalized spacial score (nSPS) is 11.2. The Morgan fingerprint density at radius 1 is 1.33 bits per heavy atom. The monoisotopic (exact) mass is 271 g/mol. The van der Waals surface area contributed by atoms with Gasteiger partial charge in [0.2, 0.25) is 10.0 Å². The van der Waals surface area contributed by atoms with Crippen LogP contribution in [-0.4, -0.2) is 25.2 Å². The number of sulfonamides is 1. The van der Waals surface area contributed by atoms with Crippen LogP contribution >= 0.6 is 0 Å².